The molecule has 1 aliphatic rings. The fourth-order valence-corrected chi connectivity index (χ4v) is 4.30. The van der Waals surface area contributed by atoms with Crippen molar-refractivity contribution < 1.29 is 14.4 Å². The van der Waals surface area contributed by atoms with Crippen LogP contribution in [-0.2, 0) is 16.8 Å². The summed E-state index contributed by atoms with van der Waals surface area (Å²) in [6, 6.07) is 22.0. The normalized spacial score (nSPS) is 18.0. The Hall–Kier alpha value is -3.73. The van der Waals surface area contributed by atoms with Crippen molar-refractivity contribution in [1.29, 1.82) is 0 Å². The van der Waals surface area contributed by atoms with Crippen LogP contribution in [0, 0.1) is 20.8 Å². The van der Waals surface area contributed by atoms with E-state index in [1.807, 2.05) is 93.6 Å². The van der Waals surface area contributed by atoms with Gasteiger partial charge in [-0.2, -0.15) is 0 Å². The van der Waals surface area contributed by atoms with Crippen LogP contribution >= 0.6 is 0 Å². The first kappa shape index (κ1) is 21.5. The van der Waals surface area contributed by atoms with Crippen LogP contribution in [0.25, 0.3) is 0 Å². The molecule has 3 aromatic rings. The molecule has 0 aliphatic carbocycles. The Morgan fingerprint density at radius 3 is 2.09 bits per heavy atom. The minimum atomic E-state index is -1.25. The molecular formula is C27H26N2O3. The monoisotopic (exact) mass is 426 g/mol. The third kappa shape index (κ3) is 3.82. The second kappa shape index (κ2) is 8.42. The summed E-state index contributed by atoms with van der Waals surface area (Å²) in [6.45, 7) is 5.51. The minimum absolute atomic E-state index is 0.252. The molecule has 0 spiro atoms. The number of nitrogens with one attached hydrogen (secondary N) is 1. The van der Waals surface area contributed by atoms with E-state index in [4.69, 9.17) is 0 Å². The SMILES string of the molecule is Cc1cc(C)c(C(=O)CN2C(=O)N[C@](Cc3ccccc3)(c3ccccc3)C2=O)cc1C. The number of carbonyl (C=O) groups excluding carboxylic acids is 3. The van der Waals surface area contributed by atoms with E-state index in [1.54, 1.807) is 0 Å². The number of benzene rings is 3. The van der Waals surface area contributed by atoms with Crippen molar-refractivity contribution in [1.82, 2.24) is 10.2 Å². The fourth-order valence-electron chi connectivity index (χ4n) is 4.30. The molecule has 0 bridgehead atoms. The number of urea groups is 1. The highest BCUT2D eigenvalue weighted by molar-refractivity contribution is 6.11. The molecule has 1 heterocycles. The van der Waals surface area contributed by atoms with E-state index in [0.29, 0.717) is 17.5 Å². The Morgan fingerprint density at radius 2 is 1.44 bits per heavy atom. The molecule has 0 aromatic heterocycles. The minimum Gasteiger partial charge on any atom is -0.319 e. The summed E-state index contributed by atoms with van der Waals surface area (Å²) in [4.78, 5) is 40.8. The van der Waals surface area contributed by atoms with Gasteiger partial charge in [0.1, 0.15) is 0 Å². The van der Waals surface area contributed by atoms with E-state index < -0.39 is 17.5 Å². The number of nitrogens with zero attached hydrogens (tertiary/aromatic N) is 1. The maximum absolute atomic E-state index is 13.7. The first-order valence-corrected chi connectivity index (χ1v) is 10.7. The zero-order chi connectivity index (χ0) is 22.9. The van der Waals surface area contributed by atoms with Crippen molar-refractivity contribution >= 4 is 17.7 Å². The Morgan fingerprint density at radius 1 is 0.844 bits per heavy atom. The fraction of sp³-hybridized carbons (Fsp3) is 0.222. The molecule has 3 aromatic carbocycles. The largest absolute Gasteiger partial charge is 0.325 e. The number of rotatable bonds is 6. The maximum Gasteiger partial charge on any atom is 0.325 e. The Bertz CT molecular complexity index is 1190. The molecule has 4 rings (SSSR count). The molecule has 5 heteroatoms. The Kier molecular flexibility index (Phi) is 5.66. The van der Waals surface area contributed by atoms with Gasteiger partial charge in [-0.3, -0.25) is 14.5 Å². The highest BCUT2D eigenvalue weighted by Gasteiger charge is 2.52. The lowest BCUT2D eigenvalue weighted by Crippen LogP contribution is -2.46. The van der Waals surface area contributed by atoms with Crippen LogP contribution in [-0.4, -0.2) is 29.2 Å². The van der Waals surface area contributed by atoms with E-state index in [0.717, 1.165) is 27.2 Å². The predicted molar refractivity (Wildman–Crippen MR) is 123 cm³/mol. The van der Waals surface area contributed by atoms with Crippen LogP contribution in [0.2, 0.25) is 0 Å². The number of carbonyl (C=O) groups is 3. The number of aryl methyl sites for hydroxylation is 3. The van der Waals surface area contributed by atoms with Crippen molar-refractivity contribution in [2.75, 3.05) is 6.54 Å². The third-order valence-electron chi connectivity index (χ3n) is 6.20. The molecule has 1 atom stereocenters. The lowest BCUT2D eigenvalue weighted by molar-refractivity contribution is -0.131. The molecule has 1 aliphatic heterocycles. The van der Waals surface area contributed by atoms with Gasteiger partial charge in [-0.05, 0) is 54.7 Å². The summed E-state index contributed by atoms with van der Waals surface area (Å²) in [6.07, 6.45) is 0.301. The van der Waals surface area contributed by atoms with Gasteiger partial charge in [0.05, 0.1) is 6.54 Å². The van der Waals surface area contributed by atoms with E-state index in [9.17, 15) is 14.4 Å². The summed E-state index contributed by atoms with van der Waals surface area (Å²) in [7, 11) is 0. The standard InChI is InChI=1S/C27H26N2O3/c1-18-14-20(3)23(15-19(18)2)24(30)17-29-25(31)27(28-26(29)32,22-12-8-5-9-13-22)16-21-10-6-4-7-11-21/h4-15H,16-17H2,1-3H3,(H,28,32)/t27-/m1/s1. The molecule has 3 amide bonds. The topological polar surface area (TPSA) is 66.5 Å². The molecular weight excluding hydrogens is 400 g/mol. The highest BCUT2D eigenvalue weighted by Crippen LogP contribution is 2.33. The second-order valence-electron chi connectivity index (χ2n) is 8.43. The lowest BCUT2D eigenvalue weighted by atomic mass is 9.83. The summed E-state index contributed by atoms with van der Waals surface area (Å²) in [5.41, 5.74) is 3.83. The molecule has 162 valence electrons. The van der Waals surface area contributed by atoms with Crippen LogP contribution in [0.3, 0.4) is 0 Å². The molecule has 32 heavy (non-hydrogen) atoms. The van der Waals surface area contributed by atoms with E-state index in [1.165, 1.54) is 0 Å². The lowest BCUT2D eigenvalue weighted by Gasteiger charge is -2.27. The van der Waals surface area contributed by atoms with Gasteiger partial charge in [-0.25, -0.2) is 4.79 Å². The van der Waals surface area contributed by atoms with Gasteiger partial charge in [-0.1, -0.05) is 66.7 Å². The van der Waals surface area contributed by atoms with Gasteiger partial charge in [-0.15, -0.1) is 0 Å². The third-order valence-corrected chi connectivity index (χ3v) is 6.20. The van der Waals surface area contributed by atoms with Crippen molar-refractivity contribution in [3.63, 3.8) is 0 Å². The summed E-state index contributed by atoms with van der Waals surface area (Å²) >= 11 is 0. The number of imide groups is 1. The number of hydrogen-bond acceptors (Lipinski definition) is 3. The molecule has 1 fully saturated rings. The van der Waals surface area contributed by atoms with E-state index in [2.05, 4.69) is 5.32 Å². The first-order chi connectivity index (χ1) is 15.3. The maximum atomic E-state index is 13.7. The van der Waals surface area contributed by atoms with Crippen molar-refractivity contribution in [2.24, 2.45) is 0 Å². The van der Waals surface area contributed by atoms with Gasteiger partial charge in [0.25, 0.3) is 5.91 Å². The zero-order valence-corrected chi connectivity index (χ0v) is 18.5. The zero-order valence-electron chi connectivity index (χ0n) is 18.5. The molecule has 1 N–H and O–H groups in total. The summed E-state index contributed by atoms with van der Waals surface area (Å²) < 4.78 is 0. The number of hydrogen-bond donors (Lipinski definition) is 1. The van der Waals surface area contributed by atoms with Gasteiger partial charge < -0.3 is 5.32 Å². The van der Waals surface area contributed by atoms with Gasteiger partial charge in [0, 0.05) is 12.0 Å². The van der Waals surface area contributed by atoms with Crippen LogP contribution in [0.5, 0.6) is 0 Å². The van der Waals surface area contributed by atoms with Crippen LogP contribution in [0.1, 0.15) is 38.2 Å². The van der Waals surface area contributed by atoms with Crippen molar-refractivity contribution in [3.8, 4) is 0 Å². The van der Waals surface area contributed by atoms with Crippen molar-refractivity contribution in [3.05, 3.63) is 106 Å². The van der Waals surface area contributed by atoms with Crippen molar-refractivity contribution in [2.45, 2.75) is 32.7 Å². The van der Waals surface area contributed by atoms with Gasteiger partial charge in [0.15, 0.2) is 11.3 Å². The summed E-state index contributed by atoms with van der Waals surface area (Å²) in [5.74, 6) is -0.662. The average Bonchev–Trinajstić information content (AvgIpc) is 3.02. The summed E-state index contributed by atoms with van der Waals surface area (Å²) in [5, 5.41) is 2.91. The average molecular weight is 427 g/mol. The molecule has 0 radical (unpaired) electrons. The molecule has 5 nitrogen and oxygen atoms in total. The van der Waals surface area contributed by atoms with Crippen LogP contribution in [0.15, 0.2) is 72.8 Å². The molecule has 0 saturated carbocycles. The second-order valence-corrected chi connectivity index (χ2v) is 8.43. The van der Waals surface area contributed by atoms with Gasteiger partial charge >= 0.3 is 6.03 Å². The van der Waals surface area contributed by atoms with E-state index in [-0.39, 0.29) is 12.3 Å². The molecule has 1 saturated heterocycles. The number of Topliss-reactive ketones (excluding diaryl/α,β-unsaturated/α-hetero) is 1. The molecule has 0 unspecified atom stereocenters. The Balaban J connectivity index is 1.68. The number of ketones is 1. The van der Waals surface area contributed by atoms with Crippen LogP contribution < -0.4 is 5.32 Å². The van der Waals surface area contributed by atoms with Gasteiger partial charge in [0.2, 0.25) is 0 Å². The van der Waals surface area contributed by atoms with Crippen LogP contribution in [0.4, 0.5) is 4.79 Å². The Labute approximate surface area is 188 Å². The highest BCUT2D eigenvalue weighted by atomic mass is 16.2. The number of amides is 3. The quantitative estimate of drug-likeness (QED) is 0.467. The first-order valence-electron chi connectivity index (χ1n) is 10.7. The predicted octanol–water partition coefficient (Wildman–Crippen LogP) is 4.48. The van der Waals surface area contributed by atoms with E-state index >= 15 is 0 Å². The smallest absolute Gasteiger partial charge is 0.319 e.